The molecule has 10 aromatic rings. The number of hydrogen-bond acceptors (Lipinski definition) is 2. The van der Waals surface area contributed by atoms with Crippen LogP contribution in [0.3, 0.4) is 0 Å². The lowest BCUT2D eigenvalue weighted by Crippen LogP contribution is -2.09. The van der Waals surface area contributed by atoms with Crippen molar-refractivity contribution < 1.29 is 0 Å². The minimum Gasteiger partial charge on any atom is -0.310 e. The van der Waals surface area contributed by atoms with Crippen LogP contribution in [0, 0.1) is 0 Å². The van der Waals surface area contributed by atoms with E-state index in [2.05, 4.69) is 191 Å². The van der Waals surface area contributed by atoms with E-state index in [-0.39, 0.29) is 0 Å². The van der Waals surface area contributed by atoms with Crippen molar-refractivity contribution in [3.63, 3.8) is 0 Å². The standard InChI is InChI=1S/C46H30N2S/c1-3-11-35(12-4-1)47(38-25-26-44-41(30-38)39-15-7-9-17-43(39)48(44)36-13-5-2-6-14-36)37-23-21-31(22-24-37)32-19-20-33-29-46-42(28-34(33)27-32)40-16-8-10-18-45(40)49-46/h1-30H. The highest BCUT2D eigenvalue weighted by atomic mass is 32.1. The Labute approximate surface area is 288 Å². The van der Waals surface area contributed by atoms with Crippen LogP contribution in [0.15, 0.2) is 182 Å². The summed E-state index contributed by atoms with van der Waals surface area (Å²) in [5.74, 6) is 0. The predicted octanol–water partition coefficient (Wildman–Crippen LogP) is 13.4. The molecule has 3 heteroatoms. The highest BCUT2D eigenvalue weighted by Crippen LogP contribution is 2.41. The van der Waals surface area contributed by atoms with E-state index in [0.717, 1.165) is 17.1 Å². The molecule has 0 saturated carbocycles. The topological polar surface area (TPSA) is 8.17 Å². The summed E-state index contributed by atoms with van der Waals surface area (Å²) in [6.07, 6.45) is 0. The Hall–Kier alpha value is -6.16. The molecule has 8 aromatic carbocycles. The van der Waals surface area contributed by atoms with Crippen molar-refractivity contribution in [3.8, 4) is 16.8 Å². The van der Waals surface area contributed by atoms with Gasteiger partial charge in [0.2, 0.25) is 0 Å². The van der Waals surface area contributed by atoms with Gasteiger partial charge in [-0.05, 0) is 107 Å². The molecule has 2 aromatic heterocycles. The monoisotopic (exact) mass is 642 g/mol. The number of aromatic nitrogens is 1. The molecule has 0 fully saturated rings. The summed E-state index contributed by atoms with van der Waals surface area (Å²) in [5.41, 5.74) is 9.37. The third-order valence-corrected chi connectivity index (χ3v) is 10.9. The zero-order valence-corrected chi connectivity index (χ0v) is 27.4. The van der Waals surface area contributed by atoms with Gasteiger partial charge in [0.15, 0.2) is 0 Å². The first-order chi connectivity index (χ1) is 24.3. The number of thiophene rings is 1. The predicted molar refractivity (Wildman–Crippen MR) is 211 cm³/mol. The Kier molecular flexibility index (Phi) is 6.39. The van der Waals surface area contributed by atoms with Crippen LogP contribution < -0.4 is 4.90 Å². The van der Waals surface area contributed by atoms with E-state index < -0.39 is 0 Å². The van der Waals surface area contributed by atoms with E-state index in [9.17, 15) is 0 Å². The van der Waals surface area contributed by atoms with Crippen LogP contribution >= 0.6 is 11.3 Å². The zero-order valence-electron chi connectivity index (χ0n) is 26.6. The van der Waals surface area contributed by atoms with Gasteiger partial charge in [-0.15, -0.1) is 11.3 Å². The molecule has 0 aliphatic rings. The third kappa shape index (κ3) is 4.62. The average Bonchev–Trinajstić information content (AvgIpc) is 3.70. The summed E-state index contributed by atoms with van der Waals surface area (Å²) < 4.78 is 5.05. The fourth-order valence-electron chi connectivity index (χ4n) is 7.43. The van der Waals surface area contributed by atoms with E-state index in [0.29, 0.717) is 0 Å². The molecule has 10 rings (SSSR count). The van der Waals surface area contributed by atoms with Crippen LogP contribution in [-0.2, 0) is 0 Å². The zero-order chi connectivity index (χ0) is 32.3. The van der Waals surface area contributed by atoms with E-state index in [1.165, 1.54) is 69.6 Å². The minimum absolute atomic E-state index is 1.12. The minimum atomic E-state index is 1.12. The maximum atomic E-state index is 2.37. The molecule has 0 aliphatic carbocycles. The molecule has 0 aliphatic heterocycles. The number of anilines is 3. The normalized spacial score (nSPS) is 11.7. The molecule has 0 atom stereocenters. The van der Waals surface area contributed by atoms with Crippen LogP contribution in [0.5, 0.6) is 0 Å². The Morgan fingerprint density at radius 3 is 1.86 bits per heavy atom. The van der Waals surface area contributed by atoms with Gasteiger partial charge in [0.1, 0.15) is 0 Å². The van der Waals surface area contributed by atoms with Crippen molar-refractivity contribution in [2.75, 3.05) is 4.90 Å². The first-order valence-electron chi connectivity index (χ1n) is 16.7. The molecule has 49 heavy (non-hydrogen) atoms. The largest absolute Gasteiger partial charge is 0.310 e. The second-order valence-corrected chi connectivity index (χ2v) is 13.7. The van der Waals surface area contributed by atoms with Crippen LogP contribution in [-0.4, -0.2) is 4.57 Å². The summed E-state index contributed by atoms with van der Waals surface area (Å²) in [4.78, 5) is 2.36. The first kappa shape index (κ1) is 27.9. The molecule has 0 bridgehead atoms. The van der Waals surface area contributed by atoms with Crippen LogP contribution in [0.1, 0.15) is 0 Å². The van der Waals surface area contributed by atoms with E-state index >= 15 is 0 Å². The van der Waals surface area contributed by atoms with Crippen molar-refractivity contribution in [2.45, 2.75) is 0 Å². The summed E-state index contributed by atoms with van der Waals surface area (Å²) >= 11 is 1.87. The Morgan fingerprint density at radius 1 is 0.367 bits per heavy atom. The quantitative estimate of drug-likeness (QED) is 0.181. The van der Waals surface area contributed by atoms with E-state index in [1.807, 2.05) is 11.3 Å². The lowest BCUT2D eigenvalue weighted by atomic mass is 9.99. The second-order valence-electron chi connectivity index (χ2n) is 12.6. The van der Waals surface area contributed by atoms with Crippen LogP contribution in [0.25, 0.3) is 69.6 Å². The maximum absolute atomic E-state index is 2.37. The molecule has 0 unspecified atom stereocenters. The van der Waals surface area contributed by atoms with Crippen molar-refractivity contribution >= 4 is 81.1 Å². The van der Waals surface area contributed by atoms with Crippen molar-refractivity contribution in [1.29, 1.82) is 0 Å². The smallest absolute Gasteiger partial charge is 0.0542 e. The lowest BCUT2D eigenvalue weighted by molar-refractivity contribution is 1.18. The molecule has 2 nitrogen and oxygen atoms in total. The van der Waals surface area contributed by atoms with E-state index in [1.54, 1.807) is 0 Å². The van der Waals surface area contributed by atoms with Gasteiger partial charge < -0.3 is 9.47 Å². The number of nitrogens with zero attached hydrogens (tertiary/aromatic N) is 2. The van der Waals surface area contributed by atoms with E-state index in [4.69, 9.17) is 0 Å². The fraction of sp³-hybridized carbons (Fsp3) is 0. The molecular formula is C46H30N2S. The Morgan fingerprint density at radius 2 is 1.02 bits per heavy atom. The molecule has 0 amide bonds. The third-order valence-electron chi connectivity index (χ3n) is 9.74. The number of benzene rings is 8. The SMILES string of the molecule is c1ccc(N(c2ccc(-c3ccc4cc5sc6ccccc6c5cc4c3)cc2)c2ccc3c(c2)c2ccccc2n3-c2ccccc2)cc1. The van der Waals surface area contributed by atoms with Gasteiger partial charge in [0, 0.05) is 53.7 Å². The summed E-state index contributed by atoms with van der Waals surface area (Å²) in [7, 11) is 0. The summed E-state index contributed by atoms with van der Waals surface area (Å²) in [6.45, 7) is 0. The summed E-state index contributed by atoms with van der Waals surface area (Å²) in [6, 6.07) is 66.2. The van der Waals surface area contributed by atoms with Gasteiger partial charge in [-0.1, -0.05) is 97.1 Å². The number of hydrogen-bond donors (Lipinski definition) is 0. The molecular weight excluding hydrogens is 613 g/mol. The maximum Gasteiger partial charge on any atom is 0.0542 e. The molecule has 0 radical (unpaired) electrons. The van der Waals surface area contributed by atoms with Gasteiger partial charge in [-0.25, -0.2) is 0 Å². The number of para-hydroxylation sites is 3. The molecule has 0 spiro atoms. The average molecular weight is 643 g/mol. The second kappa shape index (κ2) is 11.2. The van der Waals surface area contributed by atoms with Crippen LogP contribution in [0.4, 0.5) is 17.1 Å². The van der Waals surface area contributed by atoms with Gasteiger partial charge in [0.05, 0.1) is 11.0 Å². The van der Waals surface area contributed by atoms with Gasteiger partial charge in [-0.2, -0.15) is 0 Å². The molecule has 230 valence electrons. The number of rotatable bonds is 5. The summed E-state index contributed by atoms with van der Waals surface area (Å²) in [5, 5.41) is 7.70. The highest BCUT2D eigenvalue weighted by Gasteiger charge is 2.17. The first-order valence-corrected chi connectivity index (χ1v) is 17.5. The van der Waals surface area contributed by atoms with Crippen LogP contribution in [0.2, 0.25) is 0 Å². The fourth-order valence-corrected chi connectivity index (χ4v) is 8.57. The van der Waals surface area contributed by atoms with Crippen molar-refractivity contribution in [2.24, 2.45) is 0 Å². The molecule has 0 N–H and O–H groups in total. The number of fused-ring (bicyclic) bond motifs is 7. The van der Waals surface area contributed by atoms with Crippen molar-refractivity contribution in [3.05, 3.63) is 182 Å². The van der Waals surface area contributed by atoms with Gasteiger partial charge in [-0.3, -0.25) is 0 Å². The lowest BCUT2D eigenvalue weighted by Gasteiger charge is -2.26. The Bertz CT molecular complexity index is 2810. The van der Waals surface area contributed by atoms with Gasteiger partial charge in [0.25, 0.3) is 0 Å². The molecule has 0 saturated heterocycles. The molecule has 2 heterocycles. The van der Waals surface area contributed by atoms with Crippen molar-refractivity contribution in [1.82, 2.24) is 4.57 Å². The Balaban J connectivity index is 1.07. The highest BCUT2D eigenvalue weighted by molar-refractivity contribution is 7.25. The van der Waals surface area contributed by atoms with Gasteiger partial charge >= 0.3 is 0 Å².